The first-order chi connectivity index (χ1) is 10.6. The molecule has 0 spiro atoms. The largest absolute Gasteiger partial charge is 0.329 e. The zero-order valence-electron chi connectivity index (χ0n) is 11.5. The number of carbonyl (C=O) groups excluding carboxylic acids is 1. The van der Waals surface area contributed by atoms with Crippen LogP contribution in [0.15, 0.2) is 47.4 Å². The van der Waals surface area contributed by atoms with E-state index in [0.717, 1.165) is 22.5 Å². The van der Waals surface area contributed by atoms with Gasteiger partial charge in [-0.2, -0.15) is 0 Å². The molecule has 4 nitrogen and oxygen atoms in total. The zero-order chi connectivity index (χ0) is 15.7. The van der Waals surface area contributed by atoms with Crippen molar-refractivity contribution in [3.8, 4) is 0 Å². The average Bonchev–Trinajstić information content (AvgIpc) is 2.92. The molecular weight excluding hydrogens is 325 g/mol. The van der Waals surface area contributed by atoms with E-state index in [-0.39, 0.29) is 11.1 Å². The van der Waals surface area contributed by atoms with Crippen molar-refractivity contribution in [2.24, 2.45) is 5.14 Å². The molecular formula is C15H13ClFN3OS. The Labute approximate surface area is 136 Å². The second-order valence-electron chi connectivity index (χ2n) is 4.80. The fourth-order valence-corrected chi connectivity index (χ4v) is 2.84. The summed E-state index contributed by atoms with van der Waals surface area (Å²) >= 11 is 6.94. The number of nitrogens with zero attached hydrogens (tertiary/aromatic N) is 2. The Morgan fingerprint density at radius 3 is 2.23 bits per heavy atom. The van der Waals surface area contributed by atoms with Crippen molar-refractivity contribution >= 4 is 41.0 Å². The highest BCUT2D eigenvalue weighted by Gasteiger charge is 2.30. The van der Waals surface area contributed by atoms with Crippen LogP contribution in [0, 0.1) is 5.82 Å². The molecule has 3 rings (SSSR count). The highest BCUT2D eigenvalue weighted by molar-refractivity contribution is 7.97. The van der Waals surface area contributed by atoms with Gasteiger partial charge in [0.25, 0.3) is 0 Å². The number of urea groups is 1. The molecule has 22 heavy (non-hydrogen) atoms. The van der Waals surface area contributed by atoms with E-state index >= 15 is 0 Å². The summed E-state index contributed by atoms with van der Waals surface area (Å²) in [4.78, 5) is 16.7. The van der Waals surface area contributed by atoms with E-state index in [0.29, 0.717) is 18.8 Å². The lowest BCUT2D eigenvalue weighted by molar-refractivity contribution is 0.256. The topological polar surface area (TPSA) is 49.6 Å². The minimum Gasteiger partial charge on any atom is -0.292 e. The molecule has 114 valence electrons. The summed E-state index contributed by atoms with van der Waals surface area (Å²) in [6.45, 7) is 1.08. The van der Waals surface area contributed by atoms with E-state index in [2.05, 4.69) is 0 Å². The van der Waals surface area contributed by atoms with Gasteiger partial charge < -0.3 is 0 Å². The molecule has 2 aromatic carbocycles. The molecule has 2 N–H and O–H groups in total. The molecule has 1 fully saturated rings. The lowest BCUT2D eigenvalue weighted by Crippen LogP contribution is -2.31. The highest BCUT2D eigenvalue weighted by atomic mass is 35.5. The molecule has 0 aromatic heterocycles. The maximum atomic E-state index is 13.2. The summed E-state index contributed by atoms with van der Waals surface area (Å²) in [7, 11) is 0. The molecule has 0 saturated carbocycles. The lowest BCUT2D eigenvalue weighted by Gasteiger charge is -2.19. The van der Waals surface area contributed by atoms with Gasteiger partial charge in [-0.3, -0.25) is 14.9 Å². The van der Waals surface area contributed by atoms with E-state index in [1.165, 1.54) is 12.1 Å². The molecule has 0 aliphatic carbocycles. The Morgan fingerprint density at radius 1 is 1.05 bits per heavy atom. The van der Waals surface area contributed by atoms with Crippen LogP contribution >= 0.6 is 23.5 Å². The van der Waals surface area contributed by atoms with Gasteiger partial charge in [0.2, 0.25) is 0 Å². The van der Waals surface area contributed by atoms with Crippen molar-refractivity contribution in [3.63, 3.8) is 0 Å². The normalized spacial score (nSPS) is 14.8. The number of amides is 2. The van der Waals surface area contributed by atoms with Gasteiger partial charge >= 0.3 is 6.03 Å². The van der Waals surface area contributed by atoms with Gasteiger partial charge in [0.05, 0.1) is 5.02 Å². The maximum Gasteiger partial charge on any atom is 0.329 e. The van der Waals surface area contributed by atoms with Gasteiger partial charge in [-0.1, -0.05) is 11.6 Å². The van der Waals surface area contributed by atoms with Crippen LogP contribution in [-0.2, 0) is 0 Å². The van der Waals surface area contributed by atoms with Crippen LogP contribution in [0.1, 0.15) is 0 Å². The number of hydrogen-bond acceptors (Lipinski definition) is 3. The highest BCUT2D eigenvalue weighted by Crippen LogP contribution is 2.28. The summed E-state index contributed by atoms with van der Waals surface area (Å²) < 4.78 is 13.2. The first-order valence-corrected chi connectivity index (χ1v) is 7.87. The molecule has 1 aliphatic heterocycles. The van der Waals surface area contributed by atoms with E-state index in [1.54, 1.807) is 15.9 Å². The second kappa shape index (κ2) is 6.16. The Kier molecular flexibility index (Phi) is 4.24. The van der Waals surface area contributed by atoms with E-state index < -0.39 is 5.82 Å². The lowest BCUT2D eigenvalue weighted by atomic mass is 10.3. The SMILES string of the molecule is NSc1ccc(N2CCN(c3ccc(F)c(Cl)c3)C2=O)cc1. The summed E-state index contributed by atoms with van der Waals surface area (Å²) in [5.41, 5.74) is 1.39. The van der Waals surface area contributed by atoms with Crippen molar-refractivity contribution in [2.45, 2.75) is 4.90 Å². The van der Waals surface area contributed by atoms with Crippen molar-refractivity contribution in [3.05, 3.63) is 53.3 Å². The third-order valence-corrected chi connectivity index (χ3v) is 4.34. The van der Waals surface area contributed by atoms with Crippen LogP contribution < -0.4 is 14.9 Å². The van der Waals surface area contributed by atoms with E-state index in [1.807, 2.05) is 24.3 Å². The maximum absolute atomic E-state index is 13.2. The summed E-state index contributed by atoms with van der Waals surface area (Å²) in [5, 5.41) is 5.50. The zero-order valence-corrected chi connectivity index (χ0v) is 13.1. The molecule has 2 amide bonds. The Hall–Kier alpha value is -1.76. The van der Waals surface area contributed by atoms with Crippen LogP contribution in [0.2, 0.25) is 5.02 Å². The molecule has 0 atom stereocenters. The van der Waals surface area contributed by atoms with Crippen LogP contribution in [0.3, 0.4) is 0 Å². The Balaban J connectivity index is 1.83. The number of nitrogens with two attached hydrogens (primary N) is 1. The van der Waals surface area contributed by atoms with Gasteiger partial charge in [-0.15, -0.1) is 0 Å². The third-order valence-electron chi connectivity index (χ3n) is 3.51. The van der Waals surface area contributed by atoms with Crippen molar-refractivity contribution < 1.29 is 9.18 Å². The number of carbonyl (C=O) groups is 1. The Morgan fingerprint density at radius 2 is 1.64 bits per heavy atom. The van der Waals surface area contributed by atoms with Crippen LogP contribution in [0.25, 0.3) is 0 Å². The van der Waals surface area contributed by atoms with Crippen LogP contribution in [0.4, 0.5) is 20.6 Å². The predicted octanol–water partition coefficient (Wildman–Crippen LogP) is 3.89. The fourth-order valence-electron chi connectivity index (χ4n) is 2.37. The standard InChI is InChI=1S/C15H13ClFN3OS/c16-13-9-11(3-6-14(13)17)20-8-7-19(15(20)21)10-1-4-12(22-18)5-2-10/h1-6,9H,7-8,18H2. The molecule has 1 saturated heterocycles. The van der Waals surface area contributed by atoms with Crippen molar-refractivity contribution in [2.75, 3.05) is 22.9 Å². The number of anilines is 2. The molecule has 0 radical (unpaired) electrons. The van der Waals surface area contributed by atoms with Gasteiger partial charge in [0.15, 0.2) is 0 Å². The fraction of sp³-hybridized carbons (Fsp3) is 0.133. The minimum atomic E-state index is -0.496. The van der Waals surface area contributed by atoms with E-state index in [4.69, 9.17) is 16.7 Å². The average molecular weight is 338 g/mol. The van der Waals surface area contributed by atoms with Crippen molar-refractivity contribution in [1.82, 2.24) is 0 Å². The monoisotopic (exact) mass is 337 g/mol. The van der Waals surface area contributed by atoms with Crippen LogP contribution in [-0.4, -0.2) is 19.1 Å². The number of hydrogen-bond donors (Lipinski definition) is 1. The molecule has 1 heterocycles. The van der Waals surface area contributed by atoms with Crippen molar-refractivity contribution in [1.29, 1.82) is 0 Å². The molecule has 2 aromatic rings. The first-order valence-electron chi connectivity index (χ1n) is 6.61. The quantitative estimate of drug-likeness (QED) is 0.864. The minimum absolute atomic E-state index is 0.00748. The molecule has 0 bridgehead atoms. The van der Waals surface area contributed by atoms with E-state index in [9.17, 15) is 9.18 Å². The predicted molar refractivity (Wildman–Crippen MR) is 88.0 cm³/mol. The molecule has 1 aliphatic rings. The van der Waals surface area contributed by atoms with Crippen LogP contribution in [0.5, 0.6) is 0 Å². The summed E-state index contributed by atoms with van der Waals surface area (Å²) in [6.07, 6.45) is 0. The van der Waals surface area contributed by atoms with Gasteiger partial charge in [-0.25, -0.2) is 9.18 Å². The molecule has 7 heteroatoms. The van der Waals surface area contributed by atoms with Gasteiger partial charge in [0.1, 0.15) is 5.82 Å². The smallest absolute Gasteiger partial charge is 0.292 e. The van der Waals surface area contributed by atoms with Gasteiger partial charge in [-0.05, 0) is 54.4 Å². The summed E-state index contributed by atoms with van der Waals surface area (Å²) in [6, 6.07) is 11.6. The third kappa shape index (κ3) is 2.77. The number of benzene rings is 2. The summed E-state index contributed by atoms with van der Waals surface area (Å²) in [5.74, 6) is -0.496. The first kappa shape index (κ1) is 15.1. The number of halogens is 2. The Bertz CT molecular complexity index is 710. The molecule has 0 unspecified atom stereocenters. The van der Waals surface area contributed by atoms with Gasteiger partial charge in [0, 0.05) is 29.4 Å². The second-order valence-corrected chi connectivity index (χ2v) is 5.91. The number of rotatable bonds is 3.